The molecule has 142 valence electrons. The summed E-state index contributed by atoms with van der Waals surface area (Å²) in [7, 11) is 1.55. The first-order chi connectivity index (χ1) is 11.1. The minimum atomic E-state index is -0.347. The summed E-state index contributed by atoms with van der Waals surface area (Å²) in [5, 5.41) is 13.9. The number of methoxy groups -OCH3 is 1. The van der Waals surface area contributed by atoms with Crippen molar-refractivity contribution in [2.75, 3.05) is 33.3 Å². The van der Waals surface area contributed by atoms with Gasteiger partial charge in [0.15, 0.2) is 0 Å². The molecule has 0 aliphatic carbocycles. The molecule has 1 aromatic rings. The second-order valence-electron chi connectivity index (χ2n) is 6.70. The van der Waals surface area contributed by atoms with E-state index in [1.807, 2.05) is 11.8 Å². The van der Waals surface area contributed by atoms with Gasteiger partial charge < -0.3 is 20.1 Å². The molecule has 2 N–H and O–H groups in total. The van der Waals surface area contributed by atoms with Crippen LogP contribution in [0.15, 0.2) is 12.3 Å². The number of halogens is 2. The van der Waals surface area contributed by atoms with Crippen molar-refractivity contribution in [3.63, 3.8) is 0 Å². The second kappa shape index (κ2) is 9.03. The first kappa shape index (κ1) is 22.0. The summed E-state index contributed by atoms with van der Waals surface area (Å²) in [6, 6.07) is 1.78. The van der Waals surface area contributed by atoms with Crippen LogP contribution < -0.4 is 10.1 Å². The third-order valence-electron chi connectivity index (χ3n) is 5.13. The summed E-state index contributed by atoms with van der Waals surface area (Å²) in [5.74, 6) is 0.465. The highest BCUT2D eigenvalue weighted by molar-refractivity contribution is 5.97. The first-order valence-electron chi connectivity index (χ1n) is 8.24. The van der Waals surface area contributed by atoms with Gasteiger partial charge in [-0.15, -0.1) is 24.8 Å². The topological polar surface area (TPSA) is 74.7 Å². The molecule has 3 heterocycles. The van der Waals surface area contributed by atoms with Gasteiger partial charge in [-0.2, -0.15) is 0 Å². The zero-order valence-corrected chi connectivity index (χ0v) is 16.3. The number of ether oxygens (including phenoxy) is 1. The number of aliphatic hydroxyl groups excluding tert-OH is 1. The maximum atomic E-state index is 13.0. The molecule has 0 aromatic carbocycles. The van der Waals surface area contributed by atoms with Gasteiger partial charge in [0.05, 0.1) is 25.0 Å². The van der Waals surface area contributed by atoms with Crippen molar-refractivity contribution in [2.24, 2.45) is 5.41 Å². The molecule has 8 heteroatoms. The van der Waals surface area contributed by atoms with E-state index in [0.717, 1.165) is 44.6 Å². The summed E-state index contributed by atoms with van der Waals surface area (Å²) in [4.78, 5) is 19.0. The van der Waals surface area contributed by atoms with Crippen molar-refractivity contribution in [3.8, 4) is 5.75 Å². The molecule has 2 aliphatic rings. The molecule has 6 nitrogen and oxygen atoms in total. The van der Waals surface area contributed by atoms with E-state index >= 15 is 0 Å². The molecule has 0 radical (unpaired) electrons. The molecule has 25 heavy (non-hydrogen) atoms. The van der Waals surface area contributed by atoms with E-state index < -0.39 is 0 Å². The zero-order chi connectivity index (χ0) is 16.4. The summed E-state index contributed by atoms with van der Waals surface area (Å²) in [6.45, 7) is 4.78. The molecule has 0 bridgehead atoms. The third-order valence-corrected chi connectivity index (χ3v) is 5.13. The van der Waals surface area contributed by atoms with E-state index in [2.05, 4.69) is 10.3 Å². The Kier molecular flexibility index (Phi) is 7.93. The van der Waals surface area contributed by atoms with E-state index in [0.29, 0.717) is 17.9 Å². The summed E-state index contributed by atoms with van der Waals surface area (Å²) in [5.41, 5.74) is 1.12. The second-order valence-corrected chi connectivity index (χ2v) is 6.70. The van der Waals surface area contributed by atoms with Crippen molar-refractivity contribution in [2.45, 2.75) is 32.3 Å². The number of nitrogens with zero attached hydrogens (tertiary/aromatic N) is 2. The van der Waals surface area contributed by atoms with Gasteiger partial charge in [0.1, 0.15) is 5.75 Å². The number of aliphatic hydroxyl groups is 1. The van der Waals surface area contributed by atoms with Crippen molar-refractivity contribution in [1.82, 2.24) is 15.2 Å². The number of likely N-dealkylation sites (tertiary alicyclic amines) is 1. The number of hydrogen-bond acceptors (Lipinski definition) is 5. The standard InChI is InChI=1S/C17H25N3O3.2ClH/c1-12-8-13(14(23-2)9-19-12)16(22)20-7-3-5-17(11-20)10-18-6-4-15(17)21;;/h8-9,15,18,21H,3-7,10-11H2,1-2H3;2*1H/t15-,17-;;/m0../s1. The summed E-state index contributed by atoms with van der Waals surface area (Å²) in [6.07, 6.45) is 3.87. The molecular formula is C17H27Cl2N3O3. The van der Waals surface area contributed by atoms with Gasteiger partial charge in [-0.1, -0.05) is 0 Å². The summed E-state index contributed by atoms with van der Waals surface area (Å²) >= 11 is 0. The molecule has 0 unspecified atom stereocenters. The van der Waals surface area contributed by atoms with Crippen molar-refractivity contribution in [3.05, 3.63) is 23.5 Å². The van der Waals surface area contributed by atoms with E-state index in [1.54, 1.807) is 19.4 Å². The van der Waals surface area contributed by atoms with Crippen LogP contribution in [0.3, 0.4) is 0 Å². The Morgan fingerprint density at radius 1 is 1.48 bits per heavy atom. The Bertz CT molecular complexity index is 599. The molecule has 2 fully saturated rings. The number of rotatable bonds is 2. The van der Waals surface area contributed by atoms with Crippen LogP contribution in [0.2, 0.25) is 0 Å². The lowest BCUT2D eigenvalue weighted by atomic mass is 9.72. The zero-order valence-electron chi connectivity index (χ0n) is 14.7. The number of amides is 1. The smallest absolute Gasteiger partial charge is 0.257 e. The number of aromatic nitrogens is 1. The fourth-order valence-electron chi connectivity index (χ4n) is 3.80. The van der Waals surface area contributed by atoms with Crippen molar-refractivity contribution < 1.29 is 14.6 Å². The van der Waals surface area contributed by atoms with E-state index in [1.165, 1.54) is 0 Å². The maximum Gasteiger partial charge on any atom is 0.257 e. The summed E-state index contributed by atoms with van der Waals surface area (Å²) < 4.78 is 5.30. The van der Waals surface area contributed by atoms with Crippen LogP contribution in [0.5, 0.6) is 5.75 Å². The number of aryl methyl sites for hydroxylation is 1. The molecule has 1 spiro atoms. The molecule has 2 atom stereocenters. The average molecular weight is 392 g/mol. The highest BCUT2D eigenvalue weighted by atomic mass is 35.5. The van der Waals surface area contributed by atoms with Crippen LogP contribution in [0.1, 0.15) is 35.3 Å². The Hall–Kier alpha value is -1.08. The monoisotopic (exact) mass is 391 g/mol. The van der Waals surface area contributed by atoms with Gasteiger partial charge in [-0.3, -0.25) is 9.78 Å². The Balaban J connectivity index is 0.00000156. The van der Waals surface area contributed by atoms with Crippen LogP contribution in [0.25, 0.3) is 0 Å². The highest BCUT2D eigenvalue weighted by Gasteiger charge is 2.44. The normalized spacial score (nSPS) is 25.7. The van der Waals surface area contributed by atoms with Crippen molar-refractivity contribution >= 4 is 30.7 Å². The molecule has 1 amide bonds. The van der Waals surface area contributed by atoms with Gasteiger partial charge in [-0.25, -0.2) is 0 Å². The minimum Gasteiger partial charge on any atom is -0.494 e. The maximum absolute atomic E-state index is 13.0. The molecule has 0 saturated carbocycles. The van der Waals surface area contributed by atoms with Crippen LogP contribution in [-0.2, 0) is 0 Å². The predicted octanol–water partition coefficient (Wildman–Crippen LogP) is 1.82. The van der Waals surface area contributed by atoms with Crippen LogP contribution in [-0.4, -0.2) is 60.3 Å². The van der Waals surface area contributed by atoms with Crippen molar-refractivity contribution in [1.29, 1.82) is 0 Å². The van der Waals surface area contributed by atoms with E-state index in [-0.39, 0.29) is 42.2 Å². The van der Waals surface area contributed by atoms with Gasteiger partial charge in [0, 0.05) is 30.7 Å². The van der Waals surface area contributed by atoms with Crippen LogP contribution >= 0.6 is 24.8 Å². The lowest BCUT2D eigenvalue weighted by Gasteiger charge is -2.48. The average Bonchev–Trinajstić information content (AvgIpc) is 2.57. The first-order valence-corrected chi connectivity index (χ1v) is 8.24. The number of pyridine rings is 1. The van der Waals surface area contributed by atoms with Gasteiger partial charge in [-0.05, 0) is 38.8 Å². The lowest BCUT2D eigenvalue weighted by Crippen LogP contribution is -2.58. The molecule has 2 saturated heterocycles. The SMILES string of the molecule is COc1cnc(C)cc1C(=O)N1CCC[C@]2(CNCC[C@@H]2O)C1.Cl.Cl. The van der Waals surface area contributed by atoms with Gasteiger partial charge in [0.2, 0.25) is 0 Å². The predicted molar refractivity (Wildman–Crippen MR) is 101 cm³/mol. The number of piperidine rings is 2. The molecule has 1 aromatic heterocycles. The number of carbonyl (C=O) groups excluding carboxylic acids is 1. The van der Waals surface area contributed by atoms with Crippen LogP contribution in [0, 0.1) is 12.3 Å². The largest absolute Gasteiger partial charge is 0.494 e. The van der Waals surface area contributed by atoms with Gasteiger partial charge in [0.25, 0.3) is 5.91 Å². The Morgan fingerprint density at radius 2 is 2.24 bits per heavy atom. The lowest BCUT2D eigenvalue weighted by molar-refractivity contribution is -0.0433. The fourth-order valence-corrected chi connectivity index (χ4v) is 3.80. The minimum absolute atomic E-state index is 0. The fraction of sp³-hybridized carbons (Fsp3) is 0.647. The molecular weight excluding hydrogens is 365 g/mol. The quantitative estimate of drug-likeness (QED) is 0.803. The Labute approximate surface area is 161 Å². The van der Waals surface area contributed by atoms with E-state index in [4.69, 9.17) is 4.74 Å². The molecule has 2 aliphatic heterocycles. The number of carbonyl (C=O) groups is 1. The number of nitrogens with one attached hydrogen (secondary N) is 1. The molecule has 3 rings (SSSR count). The third kappa shape index (κ3) is 4.37. The van der Waals surface area contributed by atoms with Gasteiger partial charge >= 0.3 is 0 Å². The van der Waals surface area contributed by atoms with E-state index in [9.17, 15) is 9.90 Å². The van der Waals surface area contributed by atoms with Crippen LogP contribution in [0.4, 0.5) is 0 Å². The highest BCUT2D eigenvalue weighted by Crippen LogP contribution is 2.37. The Morgan fingerprint density at radius 3 is 2.92 bits per heavy atom. The number of hydrogen-bond donors (Lipinski definition) is 2.